The number of morpholine rings is 1. The predicted octanol–water partition coefficient (Wildman–Crippen LogP) is 2.29. The average Bonchev–Trinajstić information content (AvgIpc) is 2.23. The zero-order valence-corrected chi connectivity index (χ0v) is 12.4. The summed E-state index contributed by atoms with van der Waals surface area (Å²) in [5.41, 5.74) is -0.0436. The Morgan fingerprint density at radius 3 is 2.81 bits per heavy atom. The van der Waals surface area contributed by atoms with Gasteiger partial charge in [0.2, 0.25) is 0 Å². The lowest BCUT2D eigenvalue weighted by Crippen LogP contribution is -2.55. The lowest BCUT2D eigenvalue weighted by atomic mass is 10.0. The Morgan fingerprint density at radius 2 is 2.25 bits per heavy atom. The molecule has 1 heterocycles. The normalized spacial score (nSPS) is 27.9. The zero-order valence-electron chi connectivity index (χ0n) is 10.8. The fourth-order valence-corrected chi connectivity index (χ4v) is 2.56. The molecule has 96 valence electrons. The SMILES string of the molecule is COCCC(C)N1CC(CBr)OC(C)(C)C1. The summed E-state index contributed by atoms with van der Waals surface area (Å²) in [6.07, 6.45) is 1.38. The summed E-state index contributed by atoms with van der Waals surface area (Å²) in [5, 5.41) is 0.907. The molecular weight excluding hydrogens is 270 g/mol. The third kappa shape index (κ3) is 4.32. The lowest BCUT2D eigenvalue weighted by molar-refractivity contribution is -0.135. The molecule has 0 radical (unpaired) electrons. The minimum Gasteiger partial charge on any atom is -0.385 e. The van der Waals surface area contributed by atoms with Crippen molar-refractivity contribution in [2.24, 2.45) is 0 Å². The Bertz CT molecular complexity index is 211. The Labute approximate surface area is 108 Å². The Kier molecular flexibility index (Phi) is 5.71. The van der Waals surface area contributed by atoms with Gasteiger partial charge in [-0.2, -0.15) is 0 Å². The van der Waals surface area contributed by atoms with Crippen molar-refractivity contribution in [2.45, 2.75) is 44.9 Å². The van der Waals surface area contributed by atoms with Gasteiger partial charge in [-0.1, -0.05) is 15.9 Å². The van der Waals surface area contributed by atoms with Gasteiger partial charge in [0, 0.05) is 38.2 Å². The van der Waals surface area contributed by atoms with Gasteiger partial charge in [0.05, 0.1) is 11.7 Å². The summed E-state index contributed by atoms with van der Waals surface area (Å²) < 4.78 is 11.1. The van der Waals surface area contributed by atoms with Crippen molar-refractivity contribution in [1.29, 1.82) is 0 Å². The van der Waals surface area contributed by atoms with Crippen molar-refractivity contribution >= 4 is 15.9 Å². The molecule has 1 aliphatic heterocycles. The second kappa shape index (κ2) is 6.34. The maximum atomic E-state index is 5.99. The van der Waals surface area contributed by atoms with Gasteiger partial charge >= 0.3 is 0 Å². The van der Waals surface area contributed by atoms with Gasteiger partial charge in [-0.3, -0.25) is 4.90 Å². The molecule has 0 saturated carbocycles. The molecule has 4 heteroatoms. The number of nitrogens with zero attached hydrogens (tertiary/aromatic N) is 1. The fourth-order valence-electron chi connectivity index (χ4n) is 2.23. The molecule has 1 fully saturated rings. The summed E-state index contributed by atoms with van der Waals surface area (Å²) >= 11 is 3.52. The third-order valence-corrected chi connectivity index (χ3v) is 3.77. The highest BCUT2D eigenvalue weighted by Gasteiger charge is 2.34. The second-order valence-corrected chi connectivity index (χ2v) is 5.86. The van der Waals surface area contributed by atoms with Gasteiger partial charge in [-0.15, -0.1) is 0 Å². The van der Waals surface area contributed by atoms with Gasteiger partial charge in [-0.05, 0) is 27.2 Å². The van der Waals surface area contributed by atoms with Crippen molar-refractivity contribution in [1.82, 2.24) is 4.90 Å². The first-order chi connectivity index (χ1) is 7.48. The van der Waals surface area contributed by atoms with E-state index in [1.54, 1.807) is 7.11 Å². The Morgan fingerprint density at radius 1 is 1.56 bits per heavy atom. The topological polar surface area (TPSA) is 21.7 Å². The van der Waals surface area contributed by atoms with Crippen molar-refractivity contribution in [3.05, 3.63) is 0 Å². The van der Waals surface area contributed by atoms with Gasteiger partial charge in [0.1, 0.15) is 0 Å². The van der Waals surface area contributed by atoms with Crippen LogP contribution in [0.4, 0.5) is 0 Å². The molecule has 2 unspecified atom stereocenters. The maximum Gasteiger partial charge on any atom is 0.0806 e. The van der Waals surface area contributed by atoms with Crippen LogP contribution in [0.15, 0.2) is 0 Å². The van der Waals surface area contributed by atoms with Crippen LogP contribution in [-0.4, -0.2) is 54.8 Å². The molecule has 3 nitrogen and oxygen atoms in total. The standard InChI is InChI=1S/C12H24BrNO2/c1-10(5-6-15-4)14-8-11(7-13)16-12(2,3)9-14/h10-11H,5-9H2,1-4H3. The van der Waals surface area contributed by atoms with E-state index in [4.69, 9.17) is 9.47 Å². The van der Waals surface area contributed by atoms with Gasteiger partial charge in [-0.25, -0.2) is 0 Å². The average molecular weight is 294 g/mol. The molecule has 0 amide bonds. The summed E-state index contributed by atoms with van der Waals surface area (Å²) in [4.78, 5) is 2.51. The number of hydrogen-bond donors (Lipinski definition) is 0. The summed E-state index contributed by atoms with van der Waals surface area (Å²) in [6, 6.07) is 0.560. The first kappa shape index (κ1) is 14.4. The minimum atomic E-state index is -0.0436. The number of hydrogen-bond acceptors (Lipinski definition) is 3. The van der Waals surface area contributed by atoms with E-state index in [-0.39, 0.29) is 5.60 Å². The van der Waals surface area contributed by atoms with E-state index < -0.39 is 0 Å². The summed E-state index contributed by atoms with van der Waals surface area (Å²) in [7, 11) is 1.76. The van der Waals surface area contributed by atoms with Gasteiger partial charge in [0.25, 0.3) is 0 Å². The first-order valence-electron chi connectivity index (χ1n) is 5.95. The number of methoxy groups -OCH3 is 1. The molecule has 0 aromatic heterocycles. The van der Waals surface area contributed by atoms with E-state index >= 15 is 0 Å². The van der Waals surface area contributed by atoms with Crippen molar-refractivity contribution in [3.63, 3.8) is 0 Å². The number of ether oxygens (including phenoxy) is 2. The van der Waals surface area contributed by atoms with Crippen LogP contribution in [0.1, 0.15) is 27.2 Å². The second-order valence-electron chi connectivity index (χ2n) is 5.21. The maximum absolute atomic E-state index is 5.99. The van der Waals surface area contributed by atoms with Gasteiger partial charge in [0.15, 0.2) is 0 Å². The highest BCUT2D eigenvalue weighted by atomic mass is 79.9. The molecule has 0 bridgehead atoms. The molecule has 0 aromatic carbocycles. The van der Waals surface area contributed by atoms with E-state index in [9.17, 15) is 0 Å². The molecule has 0 aliphatic carbocycles. The Hall–Kier alpha value is 0.360. The number of halogens is 1. The predicted molar refractivity (Wildman–Crippen MR) is 70.3 cm³/mol. The molecule has 1 rings (SSSR count). The van der Waals surface area contributed by atoms with Crippen LogP contribution >= 0.6 is 15.9 Å². The molecular formula is C12H24BrNO2. The monoisotopic (exact) mass is 293 g/mol. The van der Waals surface area contributed by atoms with E-state index in [1.807, 2.05) is 0 Å². The quantitative estimate of drug-likeness (QED) is 0.726. The van der Waals surface area contributed by atoms with Gasteiger partial charge < -0.3 is 9.47 Å². The zero-order chi connectivity index (χ0) is 12.2. The van der Waals surface area contributed by atoms with Crippen LogP contribution in [0.3, 0.4) is 0 Å². The Balaban J connectivity index is 2.51. The van der Waals surface area contributed by atoms with Crippen LogP contribution in [0, 0.1) is 0 Å². The van der Waals surface area contributed by atoms with Crippen LogP contribution in [0.25, 0.3) is 0 Å². The third-order valence-electron chi connectivity index (χ3n) is 3.04. The van der Waals surface area contributed by atoms with E-state index in [0.717, 1.165) is 31.4 Å². The molecule has 16 heavy (non-hydrogen) atoms. The van der Waals surface area contributed by atoms with Crippen LogP contribution in [0.2, 0.25) is 0 Å². The highest BCUT2D eigenvalue weighted by Crippen LogP contribution is 2.24. The molecule has 0 spiro atoms. The van der Waals surface area contributed by atoms with Crippen LogP contribution < -0.4 is 0 Å². The minimum absolute atomic E-state index is 0.0436. The first-order valence-corrected chi connectivity index (χ1v) is 7.07. The lowest BCUT2D eigenvalue weighted by Gasteiger charge is -2.45. The van der Waals surface area contributed by atoms with Crippen molar-refractivity contribution in [2.75, 3.05) is 32.1 Å². The van der Waals surface area contributed by atoms with E-state index in [1.165, 1.54) is 0 Å². The molecule has 0 aromatic rings. The van der Waals surface area contributed by atoms with E-state index in [2.05, 4.69) is 41.6 Å². The number of alkyl halides is 1. The van der Waals surface area contributed by atoms with Crippen molar-refractivity contribution < 1.29 is 9.47 Å². The molecule has 1 saturated heterocycles. The summed E-state index contributed by atoms with van der Waals surface area (Å²) in [5.74, 6) is 0. The molecule has 1 aliphatic rings. The van der Waals surface area contributed by atoms with Crippen LogP contribution in [-0.2, 0) is 9.47 Å². The highest BCUT2D eigenvalue weighted by molar-refractivity contribution is 9.09. The fraction of sp³-hybridized carbons (Fsp3) is 1.00. The molecule has 0 N–H and O–H groups in total. The molecule has 2 atom stereocenters. The smallest absolute Gasteiger partial charge is 0.0806 e. The van der Waals surface area contributed by atoms with Crippen molar-refractivity contribution in [3.8, 4) is 0 Å². The van der Waals surface area contributed by atoms with E-state index in [0.29, 0.717) is 12.1 Å². The largest absolute Gasteiger partial charge is 0.385 e. The van der Waals surface area contributed by atoms with Crippen LogP contribution in [0.5, 0.6) is 0 Å². The summed E-state index contributed by atoms with van der Waals surface area (Å²) in [6.45, 7) is 9.44. The number of rotatable bonds is 5.